The second-order valence-electron chi connectivity index (χ2n) is 5.23. The normalized spacial score (nSPS) is 18.9. The number of nitrogens with zero attached hydrogens (tertiary/aromatic N) is 1. The predicted octanol–water partition coefficient (Wildman–Crippen LogP) is 1.61. The summed E-state index contributed by atoms with van der Waals surface area (Å²) in [6.45, 7) is 5.03. The van der Waals surface area contributed by atoms with Gasteiger partial charge in [-0.05, 0) is 26.3 Å². The van der Waals surface area contributed by atoms with E-state index in [1.54, 1.807) is 4.90 Å². The molecule has 1 aliphatic heterocycles. The van der Waals surface area contributed by atoms with E-state index in [0.29, 0.717) is 25.9 Å². The average molecular weight is 263 g/mol. The molecular weight excluding hydrogens is 242 g/mol. The molecule has 2 rings (SSSR count). The zero-order chi connectivity index (χ0) is 13.8. The van der Waals surface area contributed by atoms with Gasteiger partial charge in [0.15, 0.2) is 0 Å². The van der Waals surface area contributed by atoms with Crippen molar-refractivity contribution in [3.05, 3.63) is 29.8 Å². The number of ether oxygens (including phenoxy) is 1. The Morgan fingerprint density at radius 2 is 2.21 bits per heavy atom. The largest absolute Gasteiger partial charge is 0.491 e. The van der Waals surface area contributed by atoms with Gasteiger partial charge in [-0.1, -0.05) is 18.2 Å². The monoisotopic (exact) mass is 263 g/mol. The van der Waals surface area contributed by atoms with Gasteiger partial charge in [-0.25, -0.2) is 0 Å². The van der Waals surface area contributed by atoms with E-state index in [-0.39, 0.29) is 18.1 Å². The number of benzene rings is 1. The second-order valence-corrected chi connectivity index (χ2v) is 5.23. The number of likely N-dealkylation sites (tertiary alicyclic amines) is 1. The molecule has 4 heteroatoms. The number of carbonyl (C=O) groups excluding carboxylic acids is 1. The summed E-state index contributed by atoms with van der Waals surface area (Å²) in [6, 6.07) is 7.63. The number of aliphatic hydroxyl groups excluding tert-OH is 1. The molecule has 1 atom stereocenters. The molecule has 1 aromatic rings. The van der Waals surface area contributed by atoms with Crippen LogP contribution in [0.25, 0.3) is 0 Å². The number of β-amino-alcohol motifs (C(OH)–C–C–N with tert-alkyl or cyclic N) is 1. The van der Waals surface area contributed by atoms with Crippen molar-refractivity contribution in [2.75, 3.05) is 13.1 Å². The third-order valence-electron chi connectivity index (χ3n) is 3.19. The number of hydrogen-bond donors (Lipinski definition) is 1. The molecule has 0 spiro atoms. The van der Waals surface area contributed by atoms with Crippen molar-refractivity contribution in [1.82, 2.24) is 4.90 Å². The van der Waals surface area contributed by atoms with Crippen LogP contribution in [0.3, 0.4) is 0 Å². The molecular formula is C15H21NO3. The molecule has 1 fully saturated rings. The van der Waals surface area contributed by atoms with Gasteiger partial charge in [0.05, 0.1) is 18.6 Å². The molecule has 104 valence electrons. The summed E-state index contributed by atoms with van der Waals surface area (Å²) in [4.78, 5) is 13.9. The molecule has 1 N–H and O–H groups in total. The summed E-state index contributed by atoms with van der Waals surface area (Å²) in [6.07, 6.45) is 0.724. The first-order chi connectivity index (χ1) is 9.06. The van der Waals surface area contributed by atoms with E-state index < -0.39 is 0 Å². The van der Waals surface area contributed by atoms with E-state index in [4.69, 9.17) is 4.74 Å². The van der Waals surface area contributed by atoms with Gasteiger partial charge in [-0.2, -0.15) is 0 Å². The number of amides is 1. The maximum atomic E-state index is 12.2. The fourth-order valence-electron chi connectivity index (χ4n) is 2.26. The van der Waals surface area contributed by atoms with Gasteiger partial charge in [-0.3, -0.25) is 4.79 Å². The Bertz CT molecular complexity index is 445. The van der Waals surface area contributed by atoms with Crippen LogP contribution in [0.1, 0.15) is 25.8 Å². The number of aliphatic hydroxyl groups is 1. The first-order valence-electron chi connectivity index (χ1n) is 6.76. The summed E-state index contributed by atoms with van der Waals surface area (Å²) in [5.74, 6) is 0.821. The van der Waals surface area contributed by atoms with E-state index >= 15 is 0 Å². The summed E-state index contributed by atoms with van der Waals surface area (Å²) >= 11 is 0. The van der Waals surface area contributed by atoms with Crippen LogP contribution in [-0.4, -0.2) is 41.2 Å². The summed E-state index contributed by atoms with van der Waals surface area (Å²) in [5, 5.41) is 9.47. The van der Waals surface area contributed by atoms with Gasteiger partial charge in [-0.15, -0.1) is 0 Å². The van der Waals surface area contributed by atoms with Crippen LogP contribution in [-0.2, 0) is 11.2 Å². The van der Waals surface area contributed by atoms with Gasteiger partial charge in [0.1, 0.15) is 5.75 Å². The molecule has 0 aromatic heterocycles. The van der Waals surface area contributed by atoms with Crippen LogP contribution >= 0.6 is 0 Å². The minimum Gasteiger partial charge on any atom is -0.491 e. The van der Waals surface area contributed by atoms with E-state index in [9.17, 15) is 9.90 Å². The molecule has 4 nitrogen and oxygen atoms in total. The molecule has 1 aliphatic rings. The third kappa shape index (κ3) is 3.70. The summed E-state index contributed by atoms with van der Waals surface area (Å²) in [5.41, 5.74) is 0.905. The number of rotatable bonds is 4. The highest BCUT2D eigenvalue weighted by molar-refractivity contribution is 5.79. The Morgan fingerprint density at radius 3 is 2.84 bits per heavy atom. The van der Waals surface area contributed by atoms with Crippen molar-refractivity contribution >= 4 is 5.91 Å². The Hall–Kier alpha value is -1.55. The van der Waals surface area contributed by atoms with Crippen LogP contribution in [0.2, 0.25) is 0 Å². The Kier molecular flexibility index (Phi) is 4.43. The lowest BCUT2D eigenvalue weighted by Gasteiger charge is -2.18. The standard InChI is InChI=1S/C15H21NO3/c1-11(2)19-14-6-4-3-5-12(14)9-15(18)16-8-7-13(17)10-16/h3-6,11,13,17H,7-10H2,1-2H3/t13-/m1/s1. The molecule has 0 bridgehead atoms. The number of para-hydroxylation sites is 1. The van der Waals surface area contributed by atoms with E-state index in [2.05, 4.69) is 0 Å². The lowest BCUT2D eigenvalue weighted by molar-refractivity contribution is -0.129. The molecule has 1 heterocycles. The van der Waals surface area contributed by atoms with Gasteiger partial charge >= 0.3 is 0 Å². The van der Waals surface area contributed by atoms with Crippen molar-refractivity contribution in [2.24, 2.45) is 0 Å². The molecule has 0 aliphatic carbocycles. The van der Waals surface area contributed by atoms with Gasteiger partial charge < -0.3 is 14.7 Å². The fourth-order valence-corrected chi connectivity index (χ4v) is 2.26. The smallest absolute Gasteiger partial charge is 0.227 e. The predicted molar refractivity (Wildman–Crippen MR) is 73.1 cm³/mol. The van der Waals surface area contributed by atoms with Crippen molar-refractivity contribution < 1.29 is 14.6 Å². The summed E-state index contributed by atoms with van der Waals surface area (Å²) in [7, 11) is 0. The maximum Gasteiger partial charge on any atom is 0.227 e. The van der Waals surface area contributed by atoms with Crippen LogP contribution < -0.4 is 4.74 Å². The molecule has 0 radical (unpaired) electrons. The van der Waals surface area contributed by atoms with Crippen LogP contribution in [0.15, 0.2) is 24.3 Å². The average Bonchev–Trinajstić information content (AvgIpc) is 2.78. The molecule has 19 heavy (non-hydrogen) atoms. The first-order valence-corrected chi connectivity index (χ1v) is 6.76. The second kappa shape index (κ2) is 6.06. The van der Waals surface area contributed by atoms with Gasteiger partial charge in [0, 0.05) is 18.7 Å². The van der Waals surface area contributed by atoms with Crippen molar-refractivity contribution in [3.8, 4) is 5.75 Å². The number of hydrogen-bond acceptors (Lipinski definition) is 3. The van der Waals surface area contributed by atoms with Crippen molar-refractivity contribution in [3.63, 3.8) is 0 Å². The topological polar surface area (TPSA) is 49.8 Å². The van der Waals surface area contributed by atoms with Gasteiger partial charge in [0.2, 0.25) is 5.91 Å². The van der Waals surface area contributed by atoms with Crippen LogP contribution in [0.5, 0.6) is 5.75 Å². The lowest BCUT2D eigenvalue weighted by Crippen LogP contribution is -2.31. The highest BCUT2D eigenvalue weighted by atomic mass is 16.5. The minimum atomic E-state index is -0.369. The number of carbonyl (C=O) groups is 1. The highest BCUT2D eigenvalue weighted by Gasteiger charge is 2.25. The van der Waals surface area contributed by atoms with Gasteiger partial charge in [0.25, 0.3) is 0 Å². The zero-order valence-electron chi connectivity index (χ0n) is 11.5. The van der Waals surface area contributed by atoms with E-state index in [1.807, 2.05) is 38.1 Å². The van der Waals surface area contributed by atoms with Crippen LogP contribution in [0.4, 0.5) is 0 Å². The lowest BCUT2D eigenvalue weighted by atomic mass is 10.1. The van der Waals surface area contributed by atoms with E-state index in [0.717, 1.165) is 11.3 Å². The third-order valence-corrected chi connectivity index (χ3v) is 3.19. The molecule has 0 saturated carbocycles. The molecule has 1 amide bonds. The first kappa shape index (κ1) is 13.9. The molecule has 1 aromatic carbocycles. The SMILES string of the molecule is CC(C)Oc1ccccc1CC(=O)N1CC[C@@H](O)C1. The zero-order valence-corrected chi connectivity index (χ0v) is 11.5. The minimum absolute atomic E-state index is 0.0522. The van der Waals surface area contributed by atoms with Crippen molar-refractivity contribution in [1.29, 1.82) is 0 Å². The Morgan fingerprint density at radius 1 is 1.47 bits per heavy atom. The molecule has 0 unspecified atom stereocenters. The fraction of sp³-hybridized carbons (Fsp3) is 0.533. The highest BCUT2D eigenvalue weighted by Crippen LogP contribution is 2.21. The maximum absolute atomic E-state index is 12.2. The Labute approximate surface area is 114 Å². The molecule has 1 saturated heterocycles. The quantitative estimate of drug-likeness (QED) is 0.898. The van der Waals surface area contributed by atoms with Crippen LogP contribution in [0, 0.1) is 0 Å². The summed E-state index contributed by atoms with van der Waals surface area (Å²) < 4.78 is 5.71. The van der Waals surface area contributed by atoms with Crippen molar-refractivity contribution in [2.45, 2.75) is 38.9 Å². The Balaban J connectivity index is 2.04. The van der Waals surface area contributed by atoms with E-state index in [1.165, 1.54) is 0 Å².